The average Bonchev–Trinajstić information content (AvgIpc) is 2.66. The Labute approximate surface area is 160 Å². The van der Waals surface area contributed by atoms with Crippen molar-refractivity contribution in [2.75, 3.05) is 0 Å². The van der Waals surface area contributed by atoms with Crippen LogP contribution in [-0.2, 0) is 9.59 Å². The predicted octanol–water partition coefficient (Wildman–Crippen LogP) is 3.94. The normalized spacial score (nSPS) is 11.9. The minimum absolute atomic E-state index is 0.0317. The van der Waals surface area contributed by atoms with E-state index in [1.54, 1.807) is 18.2 Å². The Hall–Kier alpha value is -3.40. The number of hydrogen-bond donors (Lipinski definition) is 2. The van der Waals surface area contributed by atoms with Crippen molar-refractivity contribution in [3.63, 3.8) is 0 Å². The fourth-order valence-corrected chi connectivity index (χ4v) is 2.24. The minimum Gasteiger partial charge on any atom is -0.349 e. The van der Waals surface area contributed by atoms with E-state index in [0.29, 0.717) is 0 Å². The molecule has 2 rings (SSSR count). The fourth-order valence-electron chi connectivity index (χ4n) is 2.24. The summed E-state index contributed by atoms with van der Waals surface area (Å²) in [4.78, 5) is 24.6. The Balaban J connectivity index is 2.10. The van der Waals surface area contributed by atoms with Crippen molar-refractivity contribution >= 4 is 24.0 Å². The van der Waals surface area contributed by atoms with Crippen molar-refractivity contribution in [1.82, 2.24) is 10.6 Å². The van der Waals surface area contributed by atoms with Gasteiger partial charge in [0.15, 0.2) is 0 Å². The van der Waals surface area contributed by atoms with Crippen LogP contribution in [0.2, 0.25) is 0 Å². The molecule has 0 spiro atoms. The second-order valence-corrected chi connectivity index (χ2v) is 6.21. The molecule has 2 aromatic rings. The molecule has 0 fully saturated rings. The number of hydrogen-bond acceptors (Lipinski definition) is 2. The van der Waals surface area contributed by atoms with Crippen molar-refractivity contribution in [1.29, 1.82) is 0 Å². The van der Waals surface area contributed by atoms with E-state index in [2.05, 4.69) is 10.6 Å². The van der Waals surface area contributed by atoms with Crippen LogP contribution in [0.5, 0.6) is 0 Å². The van der Waals surface area contributed by atoms with Crippen LogP contribution >= 0.6 is 0 Å². The molecule has 0 aromatic heterocycles. The minimum atomic E-state index is -0.364. The van der Waals surface area contributed by atoms with Gasteiger partial charge in [-0.15, -0.1) is 0 Å². The third-order valence-corrected chi connectivity index (χ3v) is 3.50. The SMILES string of the molecule is CC(C)NC(=O)/C(=C/C=C/c1ccccc1)NC(=O)/C=C/c1ccccc1. The first kappa shape index (κ1) is 19.9. The maximum atomic E-state index is 12.4. The molecule has 0 unspecified atom stereocenters. The molecule has 2 N–H and O–H groups in total. The molecular formula is C23H24N2O2. The zero-order valence-electron chi connectivity index (χ0n) is 15.6. The first-order valence-electron chi connectivity index (χ1n) is 8.83. The quantitative estimate of drug-likeness (QED) is 0.580. The number of benzene rings is 2. The molecule has 0 heterocycles. The third-order valence-electron chi connectivity index (χ3n) is 3.50. The zero-order valence-corrected chi connectivity index (χ0v) is 15.6. The van der Waals surface area contributed by atoms with Crippen LogP contribution in [0, 0.1) is 0 Å². The van der Waals surface area contributed by atoms with Crippen molar-refractivity contribution in [2.24, 2.45) is 0 Å². The van der Waals surface area contributed by atoms with E-state index < -0.39 is 0 Å². The van der Waals surface area contributed by atoms with E-state index in [0.717, 1.165) is 11.1 Å². The maximum Gasteiger partial charge on any atom is 0.267 e. The number of carbonyl (C=O) groups is 2. The highest BCUT2D eigenvalue weighted by Crippen LogP contribution is 2.03. The van der Waals surface area contributed by atoms with Gasteiger partial charge in [0.05, 0.1) is 0 Å². The smallest absolute Gasteiger partial charge is 0.267 e. The van der Waals surface area contributed by atoms with Crippen LogP contribution < -0.4 is 10.6 Å². The van der Waals surface area contributed by atoms with E-state index in [-0.39, 0.29) is 23.6 Å². The molecular weight excluding hydrogens is 336 g/mol. The van der Waals surface area contributed by atoms with Gasteiger partial charge in [0.1, 0.15) is 5.70 Å². The van der Waals surface area contributed by atoms with Crippen LogP contribution in [0.3, 0.4) is 0 Å². The van der Waals surface area contributed by atoms with Crippen molar-refractivity contribution in [3.05, 3.63) is 95.7 Å². The lowest BCUT2D eigenvalue weighted by Crippen LogP contribution is -2.37. The van der Waals surface area contributed by atoms with E-state index in [9.17, 15) is 9.59 Å². The van der Waals surface area contributed by atoms with Gasteiger partial charge in [-0.25, -0.2) is 0 Å². The zero-order chi connectivity index (χ0) is 19.5. The summed E-state index contributed by atoms with van der Waals surface area (Å²) in [5, 5.41) is 5.44. The average molecular weight is 360 g/mol. The summed E-state index contributed by atoms with van der Waals surface area (Å²) >= 11 is 0. The van der Waals surface area contributed by atoms with Crippen molar-refractivity contribution in [3.8, 4) is 0 Å². The Bertz CT molecular complexity index is 835. The Morgan fingerprint density at radius 2 is 1.41 bits per heavy atom. The summed E-state index contributed by atoms with van der Waals surface area (Å²) in [6, 6.07) is 19.2. The Kier molecular flexibility index (Phi) is 7.79. The number of nitrogens with one attached hydrogen (secondary N) is 2. The molecule has 0 aliphatic carbocycles. The number of allylic oxidation sites excluding steroid dienone is 2. The monoisotopic (exact) mass is 360 g/mol. The highest BCUT2D eigenvalue weighted by Gasteiger charge is 2.11. The molecule has 4 nitrogen and oxygen atoms in total. The molecule has 0 radical (unpaired) electrons. The Morgan fingerprint density at radius 3 is 1.96 bits per heavy atom. The lowest BCUT2D eigenvalue weighted by atomic mass is 10.2. The summed E-state index contributed by atoms with van der Waals surface area (Å²) < 4.78 is 0. The second kappa shape index (κ2) is 10.6. The summed E-state index contributed by atoms with van der Waals surface area (Å²) in [7, 11) is 0. The molecule has 0 bridgehead atoms. The van der Waals surface area contributed by atoms with Crippen molar-refractivity contribution < 1.29 is 9.59 Å². The molecule has 138 valence electrons. The predicted molar refractivity (Wildman–Crippen MR) is 110 cm³/mol. The Morgan fingerprint density at radius 1 is 0.852 bits per heavy atom. The van der Waals surface area contributed by atoms with Crippen LogP contribution in [-0.4, -0.2) is 17.9 Å². The maximum absolute atomic E-state index is 12.4. The molecule has 0 atom stereocenters. The van der Waals surface area contributed by atoms with Gasteiger partial charge < -0.3 is 10.6 Å². The molecule has 0 aliphatic rings. The summed E-state index contributed by atoms with van der Waals surface area (Å²) in [6.07, 6.45) is 8.32. The topological polar surface area (TPSA) is 58.2 Å². The van der Waals surface area contributed by atoms with E-state index in [4.69, 9.17) is 0 Å². The summed E-state index contributed by atoms with van der Waals surface area (Å²) in [5.41, 5.74) is 2.11. The first-order valence-corrected chi connectivity index (χ1v) is 8.83. The van der Waals surface area contributed by atoms with Gasteiger partial charge >= 0.3 is 0 Å². The van der Waals surface area contributed by atoms with Gasteiger partial charge in [-0.05, 0) is 37.1 Å². The fraction of sp³-hybridized carbons (Fsp3) is 0.130. The molecule has 27 heavy (non-hydrogen) atoms. The summed E-state index contributed by atoms with van der Waals surface area (Å²) in [5.74, 6) is -0.693. The number of carbonyl (C=O) groups excluding carboxylic acids is 2. The number of rotatable bonds is 7. The highest BCUT2D eigenvalue weighted by molar-refractivity contribution is 6.01. The highest BCUT2D eigenvalue weighted by atomic mass is 16.2. The van der Waals surface area contributed by atoms with E-state index in [1.807, 2.05) is 80.6 Å². The van der Waals surface area contributed by atoms with Crippen LogP contribution in [0.4, 0.5) is 0 Å². The van der Waals surface area contributed by atoms with Crippen LogP contribution in [0.25, 0.3) is 12.2 Å². The molecule has 2 aromatic carbocycles. The molecule has 0 saturated carbocycles. The van der Waals surface area contributed by atoms with Crippen LogP contribution in [0.1, 0.15) is 25.0 Å². The van der Waals surface area contributed by atoms with E-state index >= 15 is 0 Å². The van der Waals surface area contributed by atoms with Gasteiger partial charge in [0.25, 0.3) is 5.91 Å². The lowest BCUT2D eigenvalue weighted by molar-refractivity contribution is -0.121. The van der Waals surface area contributed by atoms with Gasteiger partial charge in [0, 0.05) is 12.1 Å². The molecule has 2 amide bonds. The lowest BCUT2D eigenvalue weighted by Gasteiger charge is -2.11. The van der Waals surface area contributed by atoms with Gasteiger partial charge in [-0.1, -0.05) is 72.8 Å². The van der Waals surface area contributed by atoms with Crippen LogP contribution in [0.15, 0.2) is 84.6 Å². The summed E-state index contributed by atoms with van der Waals surface area (Å²) in [6.45, 7) is 3.74. The van der Waals surface area contributed by atoms with Gasteiger partial charge in [0.2, 0.25) is 5.91 Å². The van der Waals surface area contributed by atoms with Gasteiger partial charge in [-0.3, -0.25) is 9.59 Å². The van der Waals surface area contributed by atoms with Crippen molar-refractivity contribution in [2.45, 2.75) is 19.9 Å². The third kappa shape index (κ3) is 7.57. The number of amides is 2. The molecule has 0 aliphatic heterocycles. The molecule has 4 heteroatoms. The largest absolute Gasteiger partial charge is 0.349 e. The van der Waals surface area contributed by atoms with E-state index in [1.165, 1.54) is 6.08 Å². The second-order valence-electron chi connectivity index (χ2n) is 6.21. The first-order chi connectivity index (χ1) is 13.0. The molecule has 0 saturated heterocycles. The van der Waals surface area contributed by atoms with Gasteiger partial charge in [-0.2, -0.15) is 0 Å². The standard InChI is InChI=1S/C23H24N2O2/c1-18(2)24-23(27)21(15-9-14-19-10-5-3-6-11-19)25-22(26)17-16-20-12-7-4-8-13-20/h3-18H,1-2H3,(H,24,27)(H,25,26)/b14-9+,17-16+,21-15-.